The third kappa shape index (κ3) is 13.0. The van der Waals surface area contributed by atoms with E-state index in [2.05, 4.69) is 83.4 Å². The van der Waals surface area contributed by atoms with E-state index in [0.29, 0.717) is 39.3 Å². The molecular weight excluding hydrogens is 1170 g/mol. The standard InChI is InChI=1S/C35H39ClN4O3S.C32H33ClN4O3S.Na/c1-19(2)39-15-14-25(18-39)40-21(4)37-26-13-10-23(17-28(26)40)33-38-27-16-20(3)29(31(34(41)42)43-35(5,6)7)30(32(27)44-33)22-8-11-24(36)12-9-22;1-17-14-24-29(27(19-6-9-21(33)10-7-19)26(17)28(31(38)39)40-32(3,4)5)41-30(36-24)20-8-11-23-25(15-20)37(18(2)35-23)22-12-13-34-16-22;/h8-13,16-17,19,25,31H,14-15,18H2,1-7H3,(H,41,42);6-11,14-15,22,28,34H,12-13,16H2,1-5H3,(H,38,39);/q;;+1/p-1/t25-,31+;22-,28+;/m11./s1. The molecule has 0 amide bonds. The molecule has 2 fully saturated rings. The molecule has 2 aliphatic rings. The van der Waals surface area contributed by atoms with Gasteiger partial charge in [-0.1, -0.05) is 47.5 Å². The molecule has 4 aromatic heterocycles. The van der Waals surface area contributed by atoms with Crippen LogP contribution in [0.25, 0.3) is 85.9 Å². The zero-order valence-corrected chi connectivity index (χ0v) is 56.2. The van der Waals surface area contributed by atoms with Gasteiger partial charge in [0.2, 0.25) is 0 Å². The van der Waals surface area contributed by atoms with Gasteiger partial charge in [0.1, 0.15) is 27.8 Å². The number of hydrogen-bond acceptors (Lipinski definition) is 13. The van der Waals surface area contributed by atoms with Crippen LogP contribution in [0.3, 0.4) is 0 Å². The van der Waals surface area contributed by atoms with Crippen LogP contribution in [0.1, 0.15) is 126 Å². The fourth-order valence-corrected chi connectivity index (χ4v) is 14.7. The summed E-state index contributed by atoms with van der Waals surface area (Å²) in [6.07, 6.45) is -0.241. The van der Waals surface area contributed by atoms with Gasteiger partial charge in [0.25, 0.3) is 0 Å². The average molecular weight is 1240 g/mol. The largest absolute Gasteiger partial charge is 1.00 e. The SMILES string of the molecule is Cc1cc2nc(-c3ccc4nc(C)n([C@@H]5CCN(C(C)C)C5)c4c3)sc2c(-c2ccc(Cl)cc2)c1[C@H](OC(C)(C)C)C(=O)O.Cc1cc2nc(-c3ccc4nc(C)n([C@@H]5CCNC5)c4c3)sc2c(-c2ccc(Cl)cc2)c1[C@H](OC(C)(C)C)C(=O)[O-].[Na+]. The van der Waals surface area contributed by atoms with E-state index < -0.39 is 35.3 Å². The Morgan fingerprint density at radius 3 is 1.48 bits per heavy atom. The van der Waals surface area contributed by atoms with Crippen molar-refractivity contribution in [2.24, 2.45) is 0 Å². The number of ether oxygens (including phenoxy) is 2. The first kappa shape index (κ1) is 63.4. The number of carbonyl (C=O) groups excluding carboxylic acids is 1. The van der Waals surface area contributed by atoms with Gasteiger partial charge >= 0.3 is 35.5 Å². The number of fused-ring (bicyclic) bond motifs is 4. The van der Waals surface area contributed by atoms with Crippen molar-refractivity contribution in [1.29, 1.82) is 0 Å². The third-order valence-electron chi connectivity index (χ3n) is 15.9. The number of aliphatic carboxylic acids is 2. The molecule has 12 rings (SSSR count). The van der Waals surface area contributed by atoms with Crippen molar-refractivity contribution in [3.63, 3.8) is 0 Å². The molecule has 0 bridgehead atoms. The number of carboxylic acid groups (broad SMARTS) is 2. The Kier molecular flexibility index (Phi) is 18.5. The van der Waals surface area contributed by atoms with Crippen molar-refractivity contribution in [2.45, 2.75) is 137 Å². The van der Waals surface area contributed by atoms with Gasteiger partial charge in [-0.3, -0.25) is 4.90 Å². The Balaban J connectivity index is 0.000000189. The second-order valence-corrected chi connectivity index (χ2v) is 27.6. The number of rotatable bonds is 13. The molecule has 6 aromatic carbocycles. The van der Waals surface area contributed by atoms with E-state index in [9.17, 15) is 19.8 Å². The number of nitrogens with one attached hydrogen (secondary N) is 1. The smallest absolute Gasteiger partial charge is 0.547 e. The van der Waals surface area contributed by atoms with Crippen LogP contribution in [0.4, 0.5) is 0 Å². The van der Waals surface area contributed by atoms with Gasteiger partial charge < -0.3 is 38.9 Å². The Labute approximate surface area is 542 Å². The number of nitrogens with zero attached hydrogens (tertiary/aromatic N) is 7. The average Bonchev–Trinajstić information content (AvgIpc) is 3.94. The quantitative estimate of drug-likeness (QED) is 0.105. The van der Waals surface area contributed by atoms with Gasteiger partial charge in [-0.15, -0.1) is 22.7 Å². The van der Waals surface area contributed by atoms with Crippen LogP contribution in [-0.2, 0) is 19.1 Å². The number of thiazole rings is 2. The van der Waals surface area contributed by atoms with Crippen molar-refractivity contribution < 1.29 is 58.8 Å². The summed E-state index contributed by atoms with van der Waals surface area (Å²) in [5, 5.41) is 29.3. The van der Waals surface area contributed by atoms with E-state index in [-0.39, 0.29) is 29.6 Å². The molecule has 10 aromatic rings. The summed E-state index contributed by atoms with van der Waals surface area (Å²) in [6, 6.07) is 32.9. The second-order valence-electron chi connectivity index (χ2n) is 24.7. The maximum atomic E-state index is 12.7. The molecular formula is C67H71Cl2N8NaO6S2. The fourth-order valence-electron chi connectivity index (χ4n) is 12.2. The first-order chi connectivity index (χ1) is 40.3. The van der Waals surface area contributed by atoms with Crippen LogP contribution in [-0.4, -0.2) is 94.4 Å². The zero-order valence-electron chi connectivity index (χ0n) is 51.1. The normalized spacial score (nSPS) is 16.5. The first-order valence-electron chi connectivity index (χ1n) is 28.9. The number of benzene rings is 6. The predicted octanol–water partition coefficient (Wildman–Crippen LogP) is 12.2. The van der Waals surface area contributed by atoms with Gasteiger partial charge in [0.05, 0.1) is 59.7 Å². The Hall–Kier alpha value is -5.60. The van der Waals surface area contributed by atoms with Gasteiger partial charge in [-0.2, -0.15) is 0 Å². The molecule has 0 unspecified atom stereocenters. The van der Waals surface area contributed by atoms with E-state index in [1.54, 1.807) is 22.7 Å². The summed E-state index contributed by atoms with van der Waals surface area (Å²) in [5.74, 6) is -0.273. The third-order valence-corrected chi connectivity index (χ3v) is 18.7. The van der Waals surface area contributed by atoms with E-state index in [1.165, 1.54) is 0 Å². The van der Waals surface area contributed by atoms with Crippen molar-refractivity contribution in [1.82, 2.24) is 39.3 Å². The maximum Gasteiger partial charge on any atom is 1.00 e. The van der Waals surface area contributed by atoms with E-state index >= 15 is 0 Å². The van der Waals surface area contributed by atoms with Gasteiger partial charge in [0, 0.05) is 75.6 Å². The van der Waals surface area contributed by atoms with Gasteiger partial charge in [0.15, 0.2) is 6.10 Å². The Morgan fingerprint density at radius 2 is 1.07 bits per heavy atom. The molecule has 2 saturated heterocycles. The topological polar surface area (TPSA) is 173 Å². The number of hydrogen-bond donors (Lipinski definition) is 2. The van der Waals surface area contributed by atoms with Gasteiger partial charge in [-0.05, 0) is 203 Å². The summed E-state index contributed by atoms with van der Waals surface area (Å²) >= 11 is 15.6. The summed E-state index contributed by atoms with van der Waals surface area (Å²) in [5.41, 5.74) is 12.5. The van der Waals surface area contributed by atoms with Crippen LogP contribution < -0.4 is 40.0 Å². The van der Waals surface area contributed by atoms with E-state index in [1.807, 2.05) is 116 Å². The maximum absolute atomic E-state index is 12.7. The van der Waals surface area contributed by atoms with Crippen LogP contribution in [0, 0.1) is 27.7 Å². The number of carbonyl (C=O) groups is 2. The molecule has 2 N–H and O–H groups in total. The molecule has 0 radical (unpaired) electrons. The van der Waals surface area contributed by atoms with Crippen LogP contribution in [0.15, 0.2) is 97.1 Å². The molecule has 86 heavy (non-hydrogen) atoms. The van der Waals surface area contributed by atoms with Crippen molar-refractivity contribution in [3.05, 3.63) is 141 Å². The number of aryl methyl sites for hydroxylation is 4. The summed E-state index contributed by atoms with van der Waals surface area (Å²) in [7, 11) is 0. The van der Waals surface area contributed by atoms with Crippen molar-refractivity contribution in [3.8, 4) is 43.4 Å². The second kappa shape index (κ2) is 25.1. The molecule has 0 spiro atoms. The molecule has 0 aliphatic carbocycles. The molecule has 19 heteroatoms. The van der Waals surface area contributed by atoms with Crippen LogP contribution in [0.5, 0.6) is 0 Å². The molecule has 0 saturated carbocycles. The van der Waals surface area contributed by atoms with Crippen LogP contribution >= 0.6 is 45.9 Å². The summed E-state index contributed by atoms with van der Waals surface area (Å²) in [6.45, 7) is 27.7. The zero-order chi connectivity index (χ0) is 60.6. The van der Waals surface area contributed by atoms with E-state index in [0.717, 1.165) is 148 Å². The monoisotopic (exact) mass is 1240 g/mol. The number of imidazole rings is 2. The molecule has 442 valence electrons. The van der Waals surface area contributed by atoms with E-state index in [4.69, 9.17) is 52.6 Å². The molecule has 14 nitrogen and oxygen atoms in total. The van der Waals surface area contributed by atoms with Gasteiger partial charge in [-0.25, -0.2) is 24.7 Å². The number of likely N-dealkylation sites (tertiary alicyclic amines) is 1. The number of carboxylic acids is 2. The minimum atomic E-state index is -1.28. The Bertz CT molecular complexity index is 4190. The predicted molar refractivity (Wildman–Crippen MR) is 343 cm³/mol. The molecule has 2 aliphatic heterocycles. The van der Waals surface area contributed by atoms with Crippen molar-refractivity contribution in [2.75, 3.05) is 26.2 Å². The Morgan fingerprint density at radius 1 is 0.628 bits per heavy atom. The summed E-state index contributed by atoms with van der Waals surface area (Å²) in [4.78, 5) is 47.6. The fraction of sp³-hybridized carbons (Fsp3) is 0.373. The van der Waals surface area contributed by atoms with Crippen LogP contribution in [0.2, 0.25) is 10.0 Å². The first-order valence-corrected chi connectivity index (χ1v) is 31.3. The molecule has 4 atom stereocenters. The number of halogens is 2. The minimum absolute atomic E-state index is 0. The minimum Gasteiger partial charge on any atom is -0.547 e. The summed E-state index contributed by atoms with van der Waals surface area (Å²) < 4.78 is 18.8. The van der Waals surface area contributed by atoms with Crippen molar-refractivity contribution >= 4 is 100 Å². The molecule has 6 heterocycles. The number of aromatic nitrogens is 6.